The van der Waals surface area contributed by atoms with Crippen molar-refractivity contribution in [3.8, 4) is 5.75 Å². The van der Waals surface area contributed by atoms with Crippen molar-refractivity contribution in [2.45, 2.75) is 6.92 Å². The van der Waals surface area contributed by atoms with E-state index >= 15 is 0 Å². The molecule has 1 aromatic heterocycles. The van der Waals surface area contributed by atoms with E-state index in [4.69, 9.17) is 9.84 Å². The number of rotatable bonds is 7. The summed E-state index contributed by atoms with van der Waals surface area (Å²) in [5.74, 6) is 0.598. The Morgan fingerprint density at radius 1 is 0.821 bits per heavy atom. The fraction of sp³-hybridized carbons (Fsp3) is 0.0645. The Hall–Kier alpha value is -4.95. The van der Waals surface area contributed by atoms with Crippen LogP contribution in [0.25, 0.3) is 10.2 Å². The molecule has 0 spiro atoms. The van der Waals surface area contributed by atoms with Gasteiger partial charge in [0.15, 0.2) is 0 Å². The van der Waals surface area contributed by atoms with Gasteiger partial charge in [-0.1, -0.05) is 53.8 Å². The highest BCUT2D eigenvalue weighted by Crippen LogP contribution is 2.34. The van der Waals surface area contributed by atoms with Crippen LogP contribution >= 0.6 is 11.3 Å². The predicted octanol–water partition coefficient (Wildman–Crippen LogP) is 7.19. The molecule has 1 amide bonds. The number of allylic oxidation sites excluding steroid dienone is 1. The molecule has 0 radical (unpaired) electrons. The van der Waals surface area contributed by atoms with Gasteiger partial charge in [-0.3, -0.25) is 4.79 Å². The maximum Gasteiger partial charge on any atom is 0.284 e. The average Bonchev–Trinajstić information content (AvgIpc) is 3.56. The van der Waals surface area contributed by atoms with Crippen LogP contribution in [-0.2, 0) is 4.79 Å². The lowest BCUT2D eigenvalue weighted by Gasteiger charge is -2.13. The second-order valence-electron chi connectivity index (χ2n) is 8.95. The van der Waals surface area contributed by atoms with Crippen molar-refractivity contribution in [1.29, 1.82) is 0 Å². The third-order valence-electron chi connectivity index (χ3n) is 6.32. The Kier molecular flexibility index (Phi) is 6.52. The van der Waals surface area contributed by atoms with Crippen molar-refractivity contribution in [2.24, 2.45) is 5.10 Å². The molecule has 8 heteroatoms. The molecule has 1 aliphatic rings. The van der Waals surface area contributed by atoms with Gasteiger partial charge in [-0.25, -0.2) is 4.98 Å². The van der Waals surface area contributed by atoms with Crippen LogP contribution in [-0.4, -0.2) is 23.7 Å². The molecule has 0 bridgehead atoms. The maximum atomic E-state index is 13.8. The van der Waals surface area contributed by atoms with Crippen molar-refractivity contribution in [3.05, 3.63) is 120 Å². The number of fused-ring (bicyclic) bond motifs is 1. The first kappa shape index (κ1) is 24.4. The van der Waals surface area contributed by atoms with Crippen LogP contribution in [0.4, 0.5) is 22.2 Å². The van der Waals surface area contributed by atoms with E-state index < -0.39 is 0 Å². The van der Waals surface area contributed by atoms with E-state index in [9.17, 15) is 4.79 Å². The summed E-state index contributed by atoms with van der Waals surface area (Å²) >= 11 is 1.45. The number of benzene rings is 4. The summed E-state index contributed by atoms with van der Waals surface area (Å²) in [7, 11) is 1.65. The van der Waals surface area contributed by atoms with E-state index in [0.29, 0.717) is 22.1 Å². The van der Waals surface area contributed by atoms with Gasteiger partial charge >= 0.3 is 0 Å². The second-order valence-corrected chi connectivity index (χ2v) is 9.96. The Morgan fingerprint density at radius 2 is 1.46 bits per heavy atom. The molecule has 6 rings (SSSR count). The number of carbonyl (C=O) groups is 1. The van der Waals surface area contributed by atoms with E-state index in [-0.39, 0.29) is 5.91 Å². The van der Waals surface area contributed by atoms with Crippen molar-refractivity contribution < 1.29 is 9.53 Å². The summed E-state index contributed by atoms with van der Waals surface area (Å²) in [5.41, 5.74) is 6.32. The number of hydrazone groups is 1. The molecule has 0 atom stereocenters. The summed E-state index contributed by atoms with van der Waals surface area (Å²) in [6.07, 6.45) is 0. The first-order valence-electron chi connectivity index (χ1n) is 12.4. The molecule has 0 unspecified atom stereocenters. The van der Waals surface area contributed by atoms with Gasteiger partial charge in [-0.2, -0.15) is 10.1 Å². The first-order valence-corrected chi connectivity index (χ1v) is 13.2. The van der Waals surface area contributed by atoms with Crippen LogP contribution in [0, 0.1) is 0 Å². The van der Waals surface area contributed by atoms with E-state index in [1.54, 1.807) is 7.11 Å². The predicted molar refractivity (Wildman–Crippen MR) is 159 cm³/mol. The monoisotopic (exact) mass is 531 g/mol. The van der Waals surface area contributed by atoms with E-state index in [0.717, 1.165) is 38.6 Å². The van der Waals surface area contributed by atoms with Crippen molar-refractivity contribution in [3.63, 3.8) is 0 Å². The number of carbonyl (C=O) groups excluding carboxylic acids is 1. The van der Waals surface area contributed by atoms with Crippen LogP contribution < -0.4 is 20.4 Å². The summed E-state index contributed by atoms with van der Waals surface area (Å²) in [6, 6.07) is 33.3. The lowest BCUT2D eigenvalue weighted by atomic mass is 10.0. The minimum absolute atomic E-state index is 0.212. The zero-order valence-electron chi connectivity index (χ0n) is 21.4. The molecule has 5 aromatic rings. The molecule has 4 aromatic carbocycles. The molecule has 7 nitrogen and oxygen atoms in total. The van der Waals surface area contributed by atoms with Gasteiger partial charge in [-0.05, 0) is 67.6 Å². The van der Waals surface area contributed by atoms with Gasteiger partial charge < -0.3 is 15.4 Å². The van der Waals surface area contributed by atoms with Gasteiger partial charge in [0.1, 0.15) is 11.5 Å². The maximum absolute atomic E-state index is 13.8. The van der Waals surface area contributed by atoms with Gasteiger partial charge in [-0.15, -0.1) is 0 Å². The lowest BCUT2D eigenvalue weighted by molar-refractivity contribution is -0.114. The largest absolute Gasteiger partial charge is 0.497 e. The molecule has 192 valence electrons. The molecule has 0 saturated carbocycles. The number of hydrogen-bond donors (Lipinski definition) is 2. The third-order valence-corrected chi connectivity index (χ3v) is 7.34. The van der Waals surface area contributed by atoms with Crippen LogP contribution in [0.5, 0.6) is 5.75 Å². The highest BCUT2D eigenvalue weighted by atomic mass is 32.1. The Bertz CT molecular complexity index is 1680. The molecule has 0 aliphatic carbocycles. The minimum atomic E-state index is -0.212. The Morgan fingerprint density at radius 3 is 2.15 bits per heavy atom. The molecule has 0 fully saturated rings. The Balaban J connectivity index is 1.28. The zero-order chi connectivity index (χ0) is 26.8. The lowest BCUT2D eigenvalue weighted by Crippen LogP contribution is -2.23. The van der Waals surface area contributed by atoms with Gasteiger partial charge in [0, 0.05) is 28.3 Å². The molecule has 2 heterocycles. The fourth-order valence-corrected chi connectivity index (χ4v) is 5.29. The van der Waals surface area contributed by atoms with Crippen LogP contribution in [0.15, 0.2) is 119 Å². The van der Waals surface area contributed by atoms with E-state index in [2.05, 4.69) is 15.6 Å². The van der Waals surface area contributed by atoms with Crippen LogP contribution in [0.3, 0.4) is 0 Å². The molecular formula is C31H25N5O2S. The molecule has 0 saturated heterocycles. The van der Waals surface area contributed by atoms with E-state index in [1.807, 2.05) is 110 Å². The number of nitrogens with zero attached hydrogens (tertiary/aromatic N) is 3. The summed E-state index contributed by atoms with van der Waals surface area (Å²) in [5, 5.41) is 13.5. The smallest absolute Gasteiger partial charge is 0.284 e. The molecule has 39 heavy (non-hydrogen) atoms. The van der Waals surface area contributed by atoms with Crippen molar-refractivity contribution in [1.82, 2.24) is 4.98 Å². The molecular weight excluding hydrogens is 506 g/mol. The number of methoxy groups -OCH3 is 1. The summed E-state index contributed by atoms with van der Waals surface area (Å²) < 4.78 is 6.23. The quantitative estimate of drug-likeness (QED) is 0.217. The third kappa shape index (κ3) is 4.97. The van der Waals surface area contributed by atoms with Gasteiger partial charge in [0.25, 0.3) is 5.91 Å². The number of nitrogens with one attached hydrogen (secondary N) is 2. The SMILES string of the molecule is COc1ccc(Nc2ccc(N/C(C)=C3\C(=O)N(c4nc5ccccc5s4)N=C3c3ccccc3)cc2)cc1. The number of anilines is 4. The van der Waals surface area contributed by atoms with Crippen molar-refractivity contribution >= 4 is 55.4 Å². The number of aromatic nitrogens is 1. The molecule has 1 aliphatic heterocycles. The van der Waals surface area contributed by atoms with E-state index in [1.165, 1.54) is 16.3 Å². The molecule has 2 N–H and O–H groups in total. The average molecular weight is 532 g/mol. The number of ether oxygens (including phenoxy) is 1. The van der Waals surface area contributed by atoms with Gasteiger partial charge in [0.2, 0.25) is 5.13 Å². The first-order chi connectivity index (χ1) is 19.1. The summed E-state index contributed by atoms with van der Waals surface area (Å²) in [6.45, 7) is 1.90. The van der Waals surface area contributed by atoms with Crippen molar-refractivity contribution in [2.75, 3.05) is 22.8 Å². The highest BCUT2D eigenvalue weighted by Gasteiger charge is 2.35. The topological polar surface area (TPSA) is 78.9 Å². The highest BCUT2D eigenvalue weighted by molar-refractivity contribution is 7.22. The number of para-hydroxylation sites is 1. The second kappa shape index (κ2) is 10.4. The number of hydrogen-bond acceptors (Lipinski definition) is 7. The summed E-state index contributed by atoms with van der Waals surface area (Å²) in [4.78, 5) is 18.4. The number of amides is 1. The zero-order valence-corrected chi connectivity index (χ0v) is 22.2. The van der Waals surface area contributed by atoms with Gasteiger partial charge in [0.05, 0.1) is 22.9 Å². The minimum Gasteiger partial charge on any atom is -0.497 e. The normalized spacial score (nSPS) is 14.4. The fourth-order valence-electron chi connectivity index (χ4n) is 4.38. The van der Waals surface area contributed by atoms with Crippen LogP contribution in [0.1, 0.15) is 12.5 Å². The number of thiazole rings is 1. The Labute approximate surface area is 230 Å². The van der Waals surface area contributed by atoms with Crippen LogP contribution in [0.2, 0.25) is 0 Å². The standard InChI is InChI=1S/C31H25N5O2S/c1-20(32-22-12-14-23(15-13-22)33-24-16-18-25(38-2)19-17-24)28-29(21-8-4-3-5-9-21)35-36(30(28)37)31-34-26-10-6-7-11-27(26)39-31/h3-19,32-33H,1-2H3/b28-20-.